The van der Waals surface area contributed by atoms with Gasteiger partial charge in [0.1, 0.15) is 5.82 Å². The Balaban J connectivity index is 2.24. The first-order chi connectivity index (χ1) is 8.61. The van der Waals surface area contributed by atoms with Crippen LogP contribution in [0.15, 0.2) is 18.2 Å². The molecule has 2 N–H and O–H groups in total. The third-order valence-corrected chi connectivity index (χ3v) is 3.44. The molecule has 2 rings (SSSR count). The van der Waals surface area contributed by atoms with Crippen LogP contribution in [0.25, 0.3) is 0 Å². The van der Waals surface area contributed by atoms with E-state index in [1.807, 2.05) is 13.0 Å². The smallest absolute Gasteiger partial charge is 0.128 e. The van der Waals surface area contributed by atoms with E-state index < -0.39 is 0 Å². The number of benzene rings is 1. The third-order valence-electron chi connectivity index (χ3n) is 3.44. The van der Waals surface area contributed by atoms with E-state index in [0.717, 1.165) is 30.8 Å². The van der Waals surface area contributed by atoms with Crippen molar-refractivity contribution in [2.75, 3.05) is 25.1 Å². The van der Waals surface area contributed by atoms with Crippen molar-refractivity contribution in [3.05, 3.63) is 29.6 Å². The number of rotatable bonds is 4. The molecule has 2 unspecified atom stereocenters. The molecule has 1 aromatic carbocycles. The topological polar surface area (TPSA) is 38.5 Å². The highest BCUT2D eigenvalue weighted by Gasteiger charge is 2.25. The minimum atomic E-state index is -0.161. The Morgan fingerprint density at radius 2 is 2.33 bits per heavy atom. The lowest BCUT2D eigenvalue weighted by Gasteiger charge is -2.23. The van der Waals surface area contributed by atoms with Crippen LogP contribution in [0.4, 0.5) is 10.1 Å². The summed E-state index contributed by atoms with van der Waals surface area (Å²) in [6, 6.07) is 5.20. The fourth-order valence-corrected chi connectivity index (χ4v) is 2.51. The highest BCUT2D eigenvalue weighted by atomic mass is 19.1. The lowest BCUT2D eigenvalue weighted by atomic mass is 10.0. The summed E-state index contributed by atoms with van der Waals surface area (Å²) in [6.07, 6.45) is 1.80. The van der Waals surface area contributed by atoms with Crippen molar-refractivity contribution in [2.24, 2.45) is 5.73 Å². The molecule has 0 saturated carbocycles. The second-order valence-electron chi connectivity index (χ2n) is 5.01. The van der Waals surface area contributed by atoms with Crippen LogP contribution in [-0.4, -0.2) is 32.3 Å². The Kier molecular flexibility index (Phi) is 4.19. The van der Waals surface area contributed by atoms with Crippen LogP contribution in [0, 0.1) is 5.82 Å². The lowest BCUT2D eigenvalue weighted by molar-refractivity contribution is 0.121. The number of methoxy groups -OCH3 is 1. The molecule has 1 aromatic rings. The van der Waals surface area contributed by atoms with Crippen molar-refractivity contribution in [3.8, 4) is 0 Å². The second kappa shape index (κ2) is 5.67. The highest BCUT2D eigenvalue weighted by molar-refractivity contribution is 5.55. The quantitative estimate of drug-likeness (QED) is 0.890. The molecule has 0 aromatic heterocycles. The number of nitrogens with two attached hydrogens (primary N) is 1. The van der Waals surface area contributed by atoms with Crippen LogP contribution in [0.2, 0.25) is 0 Å². The molecule has 100 valence electrons. The molecular weight excluding hydrogens is 231 g/mol. The molecule has 0 bridgehead atoms. The maximum absolute atomic E-state index is 13.9. The molecule has 1 fully saturated rings. The minimum Gasteiger partial charge on any atom is -0.380 e. The van der Waals surface area contributed by atoms with Gasteiger partial charge in [0.25, 0.3) is 0 Å². The van der Waals surface area contributed by atoms with Crippen molar-refractivity contribution >= 4 is 5.69 Å². The number of halogens is 1. The molecule has 0 aliphatic carbocycles. The maximum atomic E-state index is 13.9. The Bertz CT molecular complexity index is 409. The minimum absolute atomic E-state index is 0.0403. The van der Waals surface area contributed by atoms with Gasteiger partial charge in [-0.3, -0.25) is 0 Å². The first-order valence-electron chi connectivity index (χ1n) is 6.42. The van der Waals surface area contributed by atoms with Gasteiger partial charge in [0.05, 0.1) is 6.10 Å². The number of anilines is 1. The monoisotopic (exact) mass is 252 g/mol. The molecule has 1 heterocycles. The molecule has 1 aliphatic rings. The Morgan fingerprint density at radius 3 is 2.94 bits per heavy atom. The van der Waals surface area contributed by atoms with Gasteiger partial charge >= 0.3 is 0 Å². The van der Waals surface area contributed by atoms with Crippen LogP contribution in [0.3, 0.4) is 0 Å². The van der Waals surface area contributed by atoms with Crippen LogP contribution in [-0.2, 0) is 11.2 Å². The summed E-state index contributed by atoms with van der Waals surface area (Å²) in [6.45, 7) is 3.64. The predicted octanol–water partition coefficient (Wildman–Crippen LogP) is 1.94. The fraction of sp³-hybridized carbons (Fsp3) is 0.571. The molecular formula is C14H21FN2O. The van der Waals surface area contributed by atoms with Gasteiger partial charge in [-0.15, -0.1) is 0 Å². The fourth-order valence-electron chi connectivity index (χ4n) is 2.51. The second-order valence-corrected chi connectivity index (χ2v) is 5.01. The number of hydrogen-bond acceptors (Lipinski definition) is 3. The molecule has 1 saturated heterocycles. The first kappa shape index (κ1) is 13.3. The molecule has 0 radical (unpaired) electrons. The number of hydrogen-bond donors (Lipinski definition) is 1. The van der Waals surface area contributed by atoms with Crippen LogP contribution >= 0.6 is 0 Å². The summed E-state index contributed by atoms with van der Waals surface area (Å²) >= 11 is 0. The standard InChI is InChI=1S/C14H21FN2O/c1-10(16)8-12-13(15)4-3-5-14(12)17-7-6-11(9-17)18-2/h3-5,10-11H,6-9,16H2,1-2H3. The summed E-state index contributed by atoms with van der Waals surface area (Å²) < 4.78 is 19.3. The largest absolute Gasteiger partial charge is 0.380 e. The molecule has 0 amide bonds. The zero-order chi connectivity index (χ0) is 13.1. The van der Waals surface area contributed by atoms with Crippen molar-refractivity contribution in [1.29, 1.82) is 0 Å². The van der Waals surface area contributed by atoms with E-state index in [-0.39, 0.29) is 18.0 Å². The van der Waals surface area contributed by atoms with Crippen LogP contribution in [0.1, 0.15) is 18.9 Å². The van der Waals surface area contributed by atoms with Crippen molar-refractivity contribution in [1.82, 2.24) is 0 Å². The molecule has 1 aliphatic heterocycles. The van der Waals surface area contributed by atoms with Crippen molar-refractivity contribution in [3.63, 3.8) is 0 Å². The Morgan fingerprint density at radius 1 is 1.56 bits per heavy atom. The van der Waals surface area contributed by atoms with Gasteiger partial charge in [-0.25, -0.2) is 4.39 Å². The van der Waals surface area contributed by atoms with E-state index in [4.69, 9.17) is 10.5 Å². The van der Waals surface area contributed by atoms with Gasteiger partial charge in [0, 0.05) is 37.5 Å². The highest BCUT2D eigenvalue weighted by Crippen LogP contribution is 2.28. The van der Waals surface area contributed by atoms with Gasteiger partial charge in [0.15, 0.2) is 0 Å². The maximum Gasteiger partial charge on any atom is 0.128 e. The molecule has 0 spiro atoms. The van der Waals surface area contributed by atoms with E-state index in [2.05, 4.69) is 4.90 Å². The normalized spacial score (nSPS) is 21.3. The van der Waals surface area contributed by atoms with Gasteiger partial charge < -0.3 is 15.4 Å². The summed E-state index contributed by atoms with van der Waals surface area (Å²) in [7, 11) is 1.72. The van der Waals surface area contributed by atoms with E-state index in [1.165, 1.54) is 6.07 Å². The number of ether oxygens (including phenoxy) is 1. The van der Waals surface area contributed by atoms with Crippen molar-refractivity contribution < 1.29 is 9.13 Å². The zero-order valence-electron chi connectivity index (χ0n) is 11.0. The van der Waals surface area contributed by atoms with Gasteiger partial charge in [-0.1, -0.05) is 6.07 Å². The molecule has 18 heavy (non-hydrogen) atoms. The van der Waals surface area contributed by atoms with E-state index in [9.17, 15) is 4.39 Å². The number of nitrogens with zero attached hydrogens (tertiary/aromatic N) is 1. The first-order valence-corrected chi connectivity index (χ1v) is 6.42. The van der Waals surface area contributed by atoms with Crippen LogP contribution in [0.5, 0.6) is 0 Å². The SMILES string of the molecule is COC1CCN(c2cccc(F)c2CC(C)N)C1. The summed E-state index contributed by atoms with van der Waals surface area (Å²) in [5.74, 6) is -0.161. The van der Waals surface area contributed by atoms with Gasteiger partial charge in [0.2, 0.25) is 0 Å². The summed E-state index contributed by atoms with van der Waals surface area (Å²) in [4.78, 5) is 2.19. The average molecular weight is 252 g/mol. The Hall–Kier alpha value is -1.13. The lowest BCUT2D eigenvalue weighted by Crippen LogP contribution is -2.26. The third kappa shape index (κ3) is 2.82. The van der Waals surface area contributed by atoms with Crippen LogP contribution < -0.4 is 10.6 Å². The van der Waals surface area contributed by atoms with E-state index >= 15 is 0 Å². The Labute approximate surface area is 108 Å². The van der Waals surface area contributed by atoms with Gasteiger partial charge in [-0.05, 0) is 31.9 Å². The van der Waals surface area contributed by atoms with Gasteiger partial charge in [-0.2, -0.15) is 0 Å². The molecule has 4 heteroatoms. The summed E-state index contributed by atoms with van der Waals surface area (Å²) in [5.41, 5.74) is 7.50. The predicted molar refractivity (Wildman–Crippen MR) is 71.4 cm³/mol. The molecule has 3 nitrogen and oxygen atoms in total. The molecule has 2 atom stereocenters. The average Bonchev–Trinajstić information content (AvgIpc) is 2.80. The zero-order valence-corrected chi connectivity index (χ0v) is 11.0. The summed E-state index contributed by atoms with van der Waals surface area (Å²) in [5, 5.41) is 0. The van der Waals surface area contributed by atoms with Crippen molar-refractivity contribution in [2.45, 2.75) is 31.9 Å². The van der Waals surface area contributed by atoms with E-state index in [0.29, 0.717) is 6.42 Å². The van der Waals surface area contributed by atoms with E-state index in [1.54, 1.807) is 13.2 Å².